The third kappa shape index (κ3) is 3.24. The van der Waals surface area contributed by atoms with Crippen molar-refractivity contribution in [3.05, 3.63) is 95.6 Å². The number of fused-ring (bicyclic) bond motifs is 1. The van der Waals surface area contributed by atoms with E-state index in [9.17, 15) is 15.0 Å². The smallest absolute Gasteiger partial charge is 0.346 e. The van der Waals surface area contributed by atoms with Gasteiger partial charge in [-0.2, -0.15) is 0 Å². The molecule has 0 spiro atoms. The van der Waals surface area contributed by atoms with Crippen molar-refractivity contribution >= 4 is 5.97 Å². The number of ether oxygens (including phenoxy) is 3. The number of rotatable bonds is 5. The largest absolute Gasteiger partial charge is 0.497 e. The molecule has 6 heteroatoms. The van der Waals surface area contributed by atoms with Crippen LogP contribution in [0.3, 0.4) is 0 Å². The molecule has 1 heterocycles. The molecule has 31 heavy (non-hydrogen) atoms. The van der Waals surface area contributed by atoms with E-state index in [-0.39, 0.29) is 12.2 Å². The number of carbonyl (C=O) groups is 1. The summed E-state index contributed by atoms with van der Waals surface area (Å²) in [6.45, 7) is 1.67. The summed E-state index contributed by atoms with van der Waals surface area (Å²) in [6, 6.07) is 22.4. The maximum Gasteiger partial charge on any atom is 0.346 e. The lowest BCUT2D eigenvalue weighted by Gasteiger charge is -2.49. The maximum absolute atomic E-state index is 13.3. The monoisotopic (exact) mass is 420 g/mol. The summed E-state index contributed by atoms with van der Waals surface area (Å²) in [5, 5.41) is 23.9. The predicted octanol–water partition coefficient (Wildman–Crippen LogP) is 3.36. The fourth-order valence-corrected chi connectivity index (χ4v) is 4.13. The summed E-state index contributed by atoms with van der Waals surface area (Å²) < 4.78 is 16.5. The first-order chi connectivity index (χ1) is 15.0. The molecule has 1 aliphatic rings. The van der Waals surface area contributed by atoms with Gasteiger partial charge < -0.3 is 24.4 Å². The van der Waals surface area contributed by atoms with Crippen molar-refractivity contribution < 1.29 is 29.2 Å². The van der Waals surface area contributed by atoms with Crippen LogP contribution >= 0.6 is 0 Å². The van der Waals surface area contributed by atoms with E-state index in [0.717, 1.165) is 0 Å². The van der Waals surface area contributed by atoms with Crippen LogP contribution in [0.2, 0.25) is 0 Å². The first kappa shape index (κ1) is 20.9. The molecule has 3 aromatic rings. The number of carbonyl (C=O) groups excluding carboxylic acids is 1. The summed E-state index contributed by atoms with van der Waals surface area (Å²) in [6.07, 6.45) is 0. The minimum atomic E-state index is -2.46. The molecule has 0 radical (unpaired) electrons. The van der Waals surface area contributed by atoms with Crippen molar-refractivity contribution in [2.75, 3.05) is 13.7 Å². The Balaban J connectivity index is 2.01. The Morgan fingerprint density at radius 3 is 2.26 bits per heavy atom. The van der Waals surface area contributed by atoms with E-state index in [0.29, 0.717) is 22.6 Å². The topological polar surface area (TPSA) is 85.2 Å². The summed E-state index contributed by atoms with van der Waals surface area (Å²) in [5.41, 5.74) is -1.07. The third-order valence-corrected chi connectivity index (χ3v) is 5.62. The SMILES string of the molecule is CCOC(=O)[C@]1(O)C(c2ccc(OC)cc2)c2ccccc2O[C@@]1(O)c1ccccc1. The van der Waals surface area contributed by atoms with Crippen molar-refractivity contribution in [2.24, 2.45) is 0 Å². The highest BCUT2D eigenvalue weighted by molar-refractivity contribution is 5.85. The van der Waals surface area contributed by atoms with Gasteiger partial charge in [-0.25, -0.2) is 4.79 Å². The molecule has 0 saturated heterocycles. The first-order valence-electron chi connectivity index (χ1n) is 10.0. The predicted molar refractivity (Wildman–Crippen MR) is 114 cm³/mol. The van der Waals surface area contributed by atoms with Crippen LogP contribution in [0.1, 0.15) is 29.5 Å². The average molecular weight is 420 g/mol. The second-order valence-corrected chi connectivity index (χ2v) is 7.34. The summed E-state index contributed by atoms with van der Waals surface area (Å²) in [4.78, 5) is 13.3. The molecular weight excluding hydrogens is 396 g/mol. The zero-order valence-corrected chi connectivity index (χ0v) is 17.3. The lowest BCUT2D eigenvalue weighted by molar-refractivity contribution is -0.280. The van der Waals surface area contributed by atoms with Crippen LogP contribution in [0.5, 0.6) is 11.5 Å². The summed E-state index contributed by atoms with van der Waals surface area (Å²) in [5.74, 6) is -3.34. The Bertz CT molecular complexity index is 1060. The highest BCUT2D eigenvalue weighted by atomic mass is 16.7. The van der Waals surface area contributed by atoms with Gasteiger partial charge in [-0.3, -0.25) is 0 Å². The van der Waals surface area contributed by atoms with E-state index in [1.165, 1.54) is 0 Å². The van der Waals surface area contributed by atoms with Gasteiger partial charge in [-0.1, -0.05) is 60.7 Å². The molecule has 0 bridgehead atoms. The van der Waals surface area contributed by atoms with Gasteiger partial charge in [0.05, 0.1) is 19.6 Å². The van der Waals surface area contributed by atoms with Crippen LogP contribution in [0.4, 0.5) is 0 Å². The van der Waals surface area contributed by atoms with Crippen LogP contribution in [-0.2, 0) is 15.3 Å². The van der Waals surface area contributed by atoms with Gasteiger partial charge in [-0.15, -0.1) is 0 Å². The van der Waals surface area contributed by atoms with E-state index < -0.39 is 23.3 Å². The number of esters is 1. The van der Waals surface area contributed by atoms with E-state index in [1.54, 1.807) is 92.9 Å². The quantitative estimate of drug-likeness (QED) is 0.616. The normalized spacial score (nSPS) is 24.6. The van der Waals surface area contributed by atoms with Crippen molar-refractivity contribution in [3.8, 4) is 11.5 Å². The number of methoxy groups -OCH3 is 1. The van der Waals surface area contributed by atoms with Crippen LogP contribution < -0.4 is 9.47 Å². The zero-order valence-electron chi connectivity index (χ0n) is 17.3. The number of aliphatic hydroxyl groups is 2. The van der Waals surface area contributed by atoms with Gasteiger partial charge in [0.25, 0.3) is 5.79 Å². The van der Waals surface area contributed by atoms with E-state index >= 15 is 0 Å². The molecule has 0 aromatic heterocycles. The number of para-hydroxylation sites is 1. The van der Waals surface area contributed by atoms with Crippen molar-refractivity contribution in [1.29, 1.82) is 0 Å². The molecule has 3 atom stereocenters. The van der Waals surface area contributed by atoms with Gasteiger partial charge in [0.15, 0.2) is 0 Å². The third-order valence-electron chi connectivity index (χ3n) is 5.62. The molecule has 6 nitrogen and oxygen atoms in total. The van der Waals surface area contributed by atoms with Crippen LogP contribution in [0, 0.1) is 0 Å². The number of hydrogen-bond donors (Lipinski definition) is 2. The Morgan fingerprint density at radius 2 is 1.61 bits per heavy atom. The van der Waals surface area contributed by atoms with E-state index in [1.807, 2.05) is 0 Å². The molecule has 1 unspecified atom stereocenters. The summed E-state index contributed by atoms with van der Waals surface area (Å²) >= 11 is 0. The summed E-state index contributed by atoms with van der Waals surface area (Å²) in [7, 11) is 1.56. The van der Waals surface area contributed by atoms with E-state index in [4.69, 9.17) is 14.2 Å². The fraction of sp³-hybridized carbons (Fsp3) is 0.240. The lowest BCUT2D eigenvalue weighted by Crippen LogP contribution is -2.66. The molecule has 4 rings (SSSR count). The fourth-order valence-electron chi connectivity index (χ4n) is 4.13. The molecule has 2 N–H and O–H groups in total. The molecule has 3 aromatic carbocycles. The maximum atomic E-state index is 13.3. The minimum Gasteiger partial charge on any atom is -0.497 e. The Morgan fingerprint density at radius 1 is 0.968 bits per heavy atom. The number of hydrogen-bond acceptors (Lipinski definition) is 6. The van der Waals surface area contributed by atoms with Gasteiger partial charge >= 0.3 is 5.97 Å². The van der Waals surface area contributed by atoms with Crippen molar-refractivity contribution in [2.45, 2.75) is 24.2 Å². The van der Waals surface area contributed by atoms with Crippen molar-refractivity contribution in [1.82, 2.24) is 0 Å². The Labute approximate surface area is 180 Å². The standard InChI is InChI=1S/C25H24O6/c1-3-30-23(26)24(27)22(17-13-15-19(29-2)16-14-17)20-11-7-8-12-21(20)31-25(24,28)18-9-5-4-6-10-18/h4-16,22,27-28H,3H2,1-2H3/t22?,24-,25+/m1/s1. The highest BCUT2D eigenvalue weighted by Gasteiger charge is 2.67. The van der Waals surface area contributed by atoms with Crippen LogP contribution in [0.15, 0.2) is 78.9 Å². The first-order valence-corrected chi connectivity index (χ1v) is 10.0. The molecule has 160 valence electrons. The van der Waals surface area contributed by atoms with Gasteiger partial charge in [0.1, 0.15) is 11.5 Å². The lowest BCUT2D eigenvalue weighted by atomic mass is 9.68. The Hall–Kier alpha value is -3.35. The van der Waals surface area contributed by atoms with Crippen LogP contribution in [0.25, 0.3) is 0 Å². The zero-order chi connectivity index (χ0) is 22.1. The average Bonchev–Trinajstić information content (AvgIpc) is 2.81. The molecule has 0 amide bonds. The van der Waals surface area contributed by atoms with Crippen LogP contribution in [-0.4, -0.2) is 35.5 Å². The number of benzene rings is 3. The molecule has 0 saturated carbocycles. The Kier molecular flexibility index (Phi) is 5.43. The highest BCUT2D eigenvalue weighted by Crippen LogP contribution is 2.54. The minimum absolute atomic E-state index is 0.0307. The van der Waals surface area contributed by atoms with Gasteiger partial charge in [0, 0.05) is 11.1 Å². The van der Waals surface area contributed by atoms with Gasteiger partial charge in [-0.05, 0) is 30.7 Å². The van der Waals surface area contributed by atoms with E-state index in [2.05, 4.69) is 0 Å². The molecule has 0 fully saturated rings. The van der Waals surface area contributed by atoms with Gasteiger partial charge in [0.2, 0.25) is 5.60 Å². The van der Waals surface area contributed by atoms with Crippen molar-refractivity contribution in [3.63, 3.8) is 0 Å². The second-order valence-electron chi connectivity index (χ2n) is 7.34. The second kappa shape index (κ2) is 8.06. The molecular formula is C25H24O6. The molecule has 1 aliphatic heterocycles. The molecule has 0 aliphatic carbocycles.